The summed E-state index contributed by atoms with van der Waals surface area (Å²) in [6.45, 7) is 1.94. The first kappa shape index (κ1) is 12.8. The molecule has 94 valence electrons. The maximum Gasteiger partial charge on any atom is 0.166 e. The number of aliphatic hydroxyl groups excluding tert-OH is 1. The minimum Gasteiger partial charge on any atom is -0.484 e. The van der Waals surface area contributed by atoms with Crippen LogP contribution in [0.2, 0.25) is 5.02 Å². The maximum absolute atomic E-state index is 9.43. The number of hydrogen-bond donors (Lipinski definition) is 1. The minimum absolute atomic E-state index is 0.259. The number of aromatic nitrogens is 2. The average molecular weight is 265 g/mol. The standard InChI is InChI=1S/C13H13ClN2O2/c1-9(17)10-3-4-12(11(14)7-10)18-8-13-15-5-2-6-16-13/h2-7,9,17H,8H2,1H3/t9-/m0/s1. The fourth-order valence-corrected chi connectivity index (χ4v) is 1.68. The fraction of sp³-hybridized carbons (Fsp3) is 0.231. The molecule has 1 heterocycles. The maximum atomic E-state index is 9.43. The Labute approximate surface area is 110 Å². The molecular weight excluding hydrogens is 252 g/mol. The van der Waals surface area contributed by atoms with Crippen LogP contribution in [0.4, 0.5) is 0 Å². The predicted octanol–water partition coefficient (Wildman–Crippen LogP) is 2.76. The van der Waals surface area contributed by atoms with Crippen LogP contribution in [0, 0.1) is 0 Å². The van der Waals surface area contributed by atoms with Crippen LogP contribution in [0.15, 0.2) is 36.7 Å². The van der Waals surface area contributed by atoms with Gasteiger partial charge >= 0.3 is 0 Å². The SMILES string of the molecule is C[C@H](O)c1ccc(OCc2ncccn2)c(Cl)c1. The van der Waals surface area contributed by atoms with Crippen molar-refractivity contribution in [3.8, 4) is 5.75 Å². The van der Waals surface area contributed by atoms with E-state index < -0.39 is 6.10 Å². The Morgan fingerprint density at radius 1 is 1.33 bits per heavy atom. The monoisotopic (exact) mass is 264 g/mol. The molecule has 0 aliphatic heterocycles. The van der Waals surface area contributed by atoms with E-state index in [2.05, 4.69) is 9.97 Å². The topological polar surface area (TPSA) is 55.2 Å². The Morgan fingerprint density at radius 3 is 2.67 bits per heavy atom. The Morgan fingerprint density at radius 2 is 2.06 bits per heavy atom. The molecule has 1 N–H and O–H groups in total. The molecular formula is C13H13ClN2O2. The molecule has 0 aliphatic rings. The van der Waals surface area contributed by atoms with Gasteiger partial charge in [0, 0.05) is 12.4 Å². The van der Waals surface area contributed by atoms with Crippen molar-refractivity contribution in [1.29, 1.82) is 0 Å². The van der Waals surface area contributed by atoms with Gasteiger partial charge in [-0.2, -0.15) is 0 Å². The number of hydrogen-bond acceptors (Lipinski definition) is 4. The normalized spacial score (nSPS) is 12.2. The first-order chi connectivity index (χ1) is 8.66. The van der Waals surface area contributed by atoms with E-state index >= 15 is 0 Å². The molecule has 0 spiro atoms. The fourth-order valence-electron chi connectivity index (χ4n) is 1.44. The van der Waals surface area contributed by atoms with E-state index in [0.717, 1.165) is 5.56 Å². The van der Waals surface area contributed by atoms with Crippen molar-refractivity contribution in [3.05, 3.63) is 53.1 Å². The van der Waals surface area contributed by atoms with Crippen LogP contribution in [-0.4, -0.2) is 15.1 Å². The highest BCUT2D eigenvalue weighted by atomic mass is 35.5. The number of nitrogens with zero attached hydrogens (tertiary/aromatic N) is 2. The lowest BCUT2D eigenvalue weighted by Gasteiger charge is -2.10. The summed E-state index contributed by atoms with van der Waals surface area (Å²) in [7, 11) is 0. The largest absolute Gasteiger partial charge is 0.484 e. The number of aliphatic hydroxyl groups is 1. The molecule has 4 nitrogen and oxygen atoms in total. The number of benzene rings is 1. The van der Waals surface area contributed by atoms with Gasteiger partial charge in [0.05, 0.1) is 11.1 Å². The highest BCUT2D eigenvalue weighted by Crippen LogP contribution is 2.28. The minimum atomic E-state index is -0.547. The quantitative estimate of drug-likeness (QED) is 0.923. The second kappa shape index (κ2) is 5.80. The summed E-state index contributed by atoms with van der Waals surface area (Å²) in [5.41, 5.74) is 0.753. The highest BCUT2D eigenvalue weighted by molar-refractivity contribution is 6.32. The van der Waals surface area contributed by atoms with Crippen molar-refractivity contribution in [2.45, 2.75) is 19.6 Å². The Hall–Kier alpha value is -1.65. The van der Waals surface area contributed by atoms with Gasteiger partial charge in [-0.25, -0.2) is 9.97 Å². The zero-order chi connectivity index (χ0) is 13.0. The molecule has 0 saturated heterocycles. The van der Waals surface area contributed by atoms with Gasteiger partial charge in [-0.1, -0.05) is 17.7 Å². The lowest BCUT2D eigenvalue weighted by atomic mass is 10.1. The third-order valence-electron chi connectivity index (χ3n) is 2.41. The van der Waals surface area contributed by atoms with Crippen LogP contribution in [-0.2, 0) is 6.61 Å². The molecule has 1 aromatic carbocycles. The smallest absolute Gasteiger partial charge is 0.166 e. The van der Waals surface area contributed by atoms with Gasteiger partial charge < -0.3 is 9.84 Å². The van der Waals surface area contributed by atoms with E-state index in [1.54, 1.807) is 43.6 Å². The van der Waals surface area contributed by atoms with Crippen molar-refractivity contribution in [2.24, 2.45) is 0 Å². The number of ether oxygens (including phenoxy) is 1. The van der Waals surface area contributed by atoms with Crippen molar-refractivity contribution < 1.29 is 9.84 Å². The Bertz CT molecular complexity index is 518. The molecule has 5 heteroatoms. The first-order valence-electron chi connectivity index (χ1n) is 5.53. The number of rotatable bonds is 4. The van der Waals surface area contributed by atoms with Gasteiger partial charge in [0.1, 0.15) is 12.4 Å². The molecule has 0 bridgehead atoms. The lowest BCUT2D eigenvalue weighted by Crippen LogP contribution is -2.01. The van der Waals surface area contributed by atoms with Crippen LogP contribution < -0.4 is 4.74 Å². The summed E-state index contributed by atoms with van der Waals surface area (Å²) in [5.74, 6) is 1.14. The van der Waals surface area contributed by atoms with E-state index in [-0.39, 0.29) is 6.61 Å². The van der Waals surface area contributed by atoms with Crippen LogP contribution >= 0.6 is 11.6 Å². The van der Waals surface area contributed by atoms with Crippen molar-refractivity contribution in [3.63, 3.8) is 0 Å². The second-order valence-corrected chi connectivity index (χ2v) is 4.23. The summed E-state index contributed by atoms with van der Waals surface area (Å²) >= 11 is 6.06. The van der Waals surface area contributed by atoms with E-state index in [1.165, 1.54) is 0 Å². The van der Waals surface area contributed by atoms with Gasteiger partial charge in [-0.15, -0.1) is 0 Å². The third kappa shape index (κ3) is 3.18. The Kier molecular flexibility index (Phi) is 4.12. The molecule has 0 radical (unpaired) electrons. The molecule has 0 aliphatic carbocycles. The Balaban J connectivity index is 2.06. The molecule has 0 saturated carbocycles. The van der Waals surface area contributed by atoms with E-state index in [9.17, 15) is 5.11 Å². The molecule has 0 fully saturated rings. The summed E-state index contributed by atoms with van der Waals surface area (Å²) in [6.07, 6.45) is 2.77. The van der Waals surface area contributed by atoms with Crippen LogP contribution in [0.3, 0.4) is 0 Å². The highest BCUT2D eigenvalue weighted by Gasteiger charge is 2.07. The molecule has 18 heavy (non-hydrogen) atoms. The zero-order valence-corrected chi connectivity index (χ0v) is 10.6. The van der Waals surface area contributed by atoms with E-state index in [4.69, 9.17) is 16.3 Å². The number of halogens is 1. The van der Waals surface area contributed by atoms with Gasteiger partial charge in [0.15, 0.2) is 5.82 Å². The molecule has 1 atom stereocenters. The van der Waals surface area contributed by atoms with Gasteiger partial charge in [0.25, 0.3) is 0 Å². The zero-order valence-electron chi connectivity index (χ0n) is 9.88. The van der Waals surface area contributed by atoms with Gasteiger partial charge in [-0.3, -0.25) is 0 Å². The molecule has 0 amide bonds. The van der Waals surface area contributed by atoms with E-state index in [0.29, 0.717) is 16.6 Å². The van der Waals surface area contributed by atoms with Crippen LogP contribution in [0.5, 0.6) is 5.75 Å². The summed E-state index contributed by atoms with van der Waals surface area (Å²) in [5, 5.41) is 9.89. The summed E-state index contributed by atoms with van der Waals surface area (Å²) in [6, 6.07) is 6.94. The van der Waals surface area contributed by atoms with Crippen molar-refractivity contribution in [2.75, 3.05) is 0 Å². The average Bonchev–Trinajstić information content (AvgIpc) is 2.38. The lowest BCUT2D eigenvalue weighted by molar-refractivity contribution is 0.199. The van der Waals surface area contributed by atoms with Crippen molar-refractivity contribution >= 4 is 11.6 Å². The van der Waals surface area contributed by atoms with Gasteiger partial charge in [0.2, 0.25) is 0 Å². The molecule has 2 aromatic rings. The van der Waals surface area contributed by atoms with E-state index in [1.807, 2.05) is 0 Å². The van der Waals surface area contributed by atoms with Crippen molar-refractivity contribution in [1.82, 2.24) is 9.97 Å². The van der Waals surface area contributed by atoms with Crippen LogP contribution in [0.25, 0.3) is 0 Å². The van der Waals surface area contributed by atoms with Crippen LogP contribution in [0.1, 0.15) is 24.4 Å². The third-order valence-corrected chi connectivity index (χ3v) is 2.71. The summed E-state index contributed by atoms with van der Waals surface area (Å²) in [4.78, 5) is 8.10. The summed E-state index contributed by atoms with van der Waals surface area (Å²) < 4.78 is 5.52. The first-order valence-corrected chi connectivity index (χ1v) is 5.91. The van der Waals surface area contributed by atoms with Gasteiger partial charge in [-0.05, 0) is 30.7 Å². The second-order valence-electron chi connectivity index (χ2n) is 3.82. The molecule has 2 rings (SSSR count). The predicted molar refractivity (Wildman–Crippen MR) is 68.4 cm³/mol. The molecule has 0 unspecified atom stereocenters. The molecule has 1 aromatic heterocycles.